The lowest BCUT2D eigenvalue weighted by Gasteiger charge is -2.02. The van der Waals surface area contributed by atoms with Crippen LogP contribution in [0.4, 0.5) is 0 Å². The Morgan fingerprint density at radius 1 is 0.611 bits per heavy atom. The summed E-state index contributed by atoms with van der Waals surface area (Å²) in [6.07, 6.45) is 3.70. The summed E-state index contributed by atoms with van der Waals surface area (Å²) < 4.78 is 9.50. The minimum atomic E-state index is -0.377. The van der Waals surface area contributed by atoms with Crippen molar-refractivity contribution in [3.8, 4) is 45.3 Å². The number of ether oxygens (including phenoxy) is 2. The van der Waals surface area contributed by atoms with Gasteiger partial charge in [0.2, 0.25) is 0 Å². The second-order valence-corrected chi connectivity index (χ2v) is 7.99. The van der Waals surface area contributed by atoms with Crippen LogP contribution in [0.5, 0.6) is 0 Å². The van der Waals surface area contributed by atoms with E-state index in [9.17, 15) is 9.59 Å². The van der Waals surface area contributed by atoms with E-state index in [1.54, 1.807) is 24.3 Å². The van der Waals surface area contributed by atoms with Crippen molar-refractivity contribution in [1.82, 2.24) is 19.9 Å². The van der Waals surface area contributed by atoms with Crippen molar-refractivity contribution in [1.29, 1.82) is 0 Å². The van der Waals surface area contributed by atoms with E-state index in [0.717, 1.165) is 33.6 Å². The number of esters is 2. The summed E-state index contributed by atoms with van der Waals surface area (Å²) in [5.41, 5.74) is 6.15. The number of nitrogens with zero attached hydrogens (tertiary/aromatic N) is 2. The van der Waals surface area contributed by atoms with Crippen LogP contribution in [-0.2, 0) is 9.47 Å². The first-order valence-electron chi connectivity index (χ1n) is 11.1. The number of methoxy groups -OCH3 is 2. The molecule has 178 valence electrons. The average molecular weight is 479 g/mol. The molecule has 0 fully saturated rings. The summed E-state index contributed by atoms with van der Waals surface area (Å²) in [6.45, 7) is 0. The van der Waals surface area contributed by atoms with Crippen molar-refractivity contribution >= 4 is 11.9 Å². The van der Waals surface area contributed by atoms with Crippen LogP contribution in [0.25, 0.3) is 45.3 Å². The maximum absolute atomic E-state index is 11.7. The van der Waals surface area contributed by atoms with Gasteiger partial charge in [0.15, 0.2) is 0 Å². The van der Waals surface area contributed by atoms with Crippen LogP contribution >= 0.6 is 0 Å². The van der Waals surface area contributed by atoms with Gasteiger partial charge in [0.05, 0.1) is 36.7 Å². The number of aromatic nitrogens is 4. The molecule has 0 aliphatic heterocycles. The molecular formula is C28H22N4O4. The zero-order chi connectivity index (χ0) is 25.1. The first-order valence-corrected chi connectivity index (χ1v) is 11.1. The van der Waals surface area contributed by atoms with Crippen molar-refractivity contribution in [2.45, 2.75) is 0 Å². The largest absolute Gasteiger partial charge is 0.465 e. The number of aromatic amines is 2. The Labute approximate surface area is 207 Å². The SMILES string of the molecule is COC(=O)c1ccc(-c2nc(-c3cccc(-c4c[nH]c(-c5ccc(C(=O)OC)cc5)n4)c3)c[nH]2)cc1. The molecule has 0 aliphatic carbocycles. The van der Waals surface area contributed by atoms with Gasteiger partial charge < -0.3 is 19.4 Å². The number of carbonyl (C=O) groups excluding carboxylic acids is 2. The third-order valence-electron chi connectivity index (χ3n) is 5.77. The number of hydrogen-bond donors (Lipinski definition) is 2. The lowest BCUT2D eigenvalue weighted by Crippen LogP contribution is -2.00. The predicted octanol–water partition coefficient (Wildman–Crippen LogP) is 5.37. The van der Waals surface area contributed by atoms with Crippen LogP contribution in [0.15, 0.2) is 85.2 Å². The summed E-state index contributed by atoms with van der Waals surface area (Å²) in [6, 6.07) is 22.1. The molecule has 2 heterocycles. The monoisotopic (exact) mass is 478 g/mol. The molecule has 0 amide bonds. The number of carbonyl (C=O) groups is 2. The number of nitrogens with one attached hydrogen (secondary N) is 2. The molecule has 8 nitrogen and oxygen atoms in total. The van der Waals surface area contributed by atoms with Crippen LogP contribution in [0, 0.1) is 0 Å². The summed E-state index contributed by atoms with van der Waals surface area (Å²) in [5, 5.41) is 0. The third-order valence-corrected chi connectivity index (χ3v) is 5.77. The van der Waals surface area contributed by atoms with Crippen molar-refractivity contribution in [3.05, 3.63) is 96.3 Å². The maximum atomic E-state index is 11.7. The molecule has 0 unspecified atom stereocenters. The second-order valence-electron chi connectivity index (χ2n) is 7.99. The molecule has 3 aromatic carbocycles. The van der Waals surface area contributed by atoms with Crippen LogP contribution in [-0.4, -0.2) is 46.1 Å². The first kappa shape index (κ1) is 22.8. The van der Waals surface area contributed by atoms with Gasteiger partial charge in [-0.2, -0.15) is 0 Å². The molecular weight excluding hydrogens is 456 g/mol. The first-order chi connectivity index (χ1) is 17.6. The maximum Gasteiger partial charge on any atom is 0.337 e. The fourth-order valence-corrected chi connectivity index (χ4v) is 3.84. The molecule has 2 aromatic heterocycles. The van der Waals surface area contributed by atoms with Gasteiger partial charge in [-0.25, -0.2) is 19.6 Å². The highest BCUT2D eigenvalue weighted by Crippen LogP contribution is 2.28. The quantitative estimate of drug-likeness (QED) is 0.317. The standard InChI is InChI=1S/C28H22N4O4/c1-35-27(33)19-10-6-17(7-11-19)25-29-15-23(31-25)21-4-3-5-22(14-21)24-16-30-26(32-24)18-8-12-20(13-9-18)28(34)36-2/h3-16H,1-2H3,(H,29,31)(H,30,32). The van der Waals surface area contributed by atoms with Crippen molar-refractivity contribution in [2.24, 2.45) is 0 Å². The molecule has 0 aliphatic rings. The smallest absolute Gasteiger partial charge is 0.337 e. The van der Waals surface area contributed by atoms with Crippen molar-refractivity contribution < 1.29 is 19.1 Å². The predicted molar refractivity (Wildman–Crippen MR) is 135 cm³/mol. The molecule has 0 saturated carbocycles. The molecule has 0 radical (unpaired) electrons. The van der Waals surface area contributed by atoms with Crippen LogP contribution in [0.1, 0.15) is 20.7 Å². The Morgan fingerprint density at radius 3 is 1.42 bits per heavy atom. The van der Waals surface area contributed by atoms with E-state index in [0.29, 0.717) is 22.8 Å². The van der Waals surface area contributed by atoms with Gasteiger partial charge in [0.1, 0.15) is 11.6 Å². The van der Waals surface area contributed by atoms with Crippen molar-refractivity contribution in [3.63, 3.8) is 0 Å². The van der Waals surface area contributed by atoms with Gasteiger partial charge in [-0.1, -0.05) is 42.5 Å². The summed E-state index contributed by atoms with van der Waals surface area (Å²) in [4.78, 5) is 39.2. The molecule has 8 heteroatoms. The van der Waals surface area contributed by atoms with E-state index in [-0.39, 0.29) is 11.9 Å². The van der Waals surface area contributed by atoms with Gasteiger partial charge in [-0.15, -0.1) is 0 Å². The zero-order valence-corrected chi connectivity index (χ0v) is 19.6. The summed E-state index contributed by atoms with van der Waals surface area (Å²) in [5.74, 6) is 0.644. The van der Waals surface area contributed by atoms with E-state index >= 15 is 0 Å². The molecule has 5 aromatic rings. The number of hydrogen-bond acceptors (Lipinski definition) is 6. The fraction of sp³-hybridized carbons (Fsp3) is 0.0714. The van der Waals surface area contributed by atoms with E-state index in [4.69, 9.17) is 19.4 Å². The van der Waals surface area contributed by atoms with Gasteiger partial charge in [0, 0.05) is 34.6 Å². The molecule has 0 bridgehead atoms. The van der Waals surface area contributed by atoms with Crippen LogP contribution < -0.4 is 0 Å². The molecule has 0 atom stereocenters. The van der Waals surface area contributed by atoms with Gasteiger partial charge in [-0.3, -0.25) is 0 Å². The normalized spacial score (nSPS) is 10.7. The molecule has 36 heavy (non-hydrogen) atoms. The van der Waals surface area contributed by atoms with Crippen molar-refractivity contribution in [2.75, 3.05) is 14.2 Å². The Balaban J connectivity index is 1.37. The third kappa shape index (κ3) is 4.52. The molecule has 5 rings (SSSR count). The highest BCUT2D eigenvalue weighted by atomic mass is 16.5. The Hall–Kier alpha value is -4.98. The number of imidazole rings is 2. The van der Waals surface area contributed by atoms with Crippen LogP contribution in [0.2, 0.25) is 0 Å². The zero-order valence-electron chi connectivity index (χ0n) is 19.6. The topological polar surface area (TPSA) is 110 Å². The Kier molecular flexibility index (Phi) is 6.15. The highest BCUT2D eigenvalue weighted by Gasteiger charge is 2.12. The van der Waals surface area contributed by atoms with E-state index in [1.807, 2.05) is 60.9 Å². The summed E-state index contributed by atoms with van der Waals surface area (Å²) in [7, 11) is 2.72. The van der Waals surface area contributed by atoms with Gasteiger partial charge in [0.25, 0.3) is 0 Å². The van der Waals surface area contributed by atoms with E-state index in [1.165, 1.54) is 14.2 Å². The average Bonchev–Trinajstić information content (AvgIpc) is 3.63. The molecule has 0 spiro atoms. The lowest BCUT2D eigenvalue weighted by atomic mass is 10.1. The second kappa shape index (κ2) is 9.71. The lowest BCUT2D eigenvalue weighted by molar-refractivity contribution is 0.0592. The fourth-order valence-electron chi connectivity index (χ4n) is 3.84. The Morgan fingerprint density at radius 2 is 1.03 bits per heavy atom. The number of benzene rings is 3. The number of H-pyrrole nitrogens is 2. The van der Waals surface area contributed by atoms with E-state index < -0.39 is 0 Å². The molecule has 0 saturated heterocycles. The number of rotatable bonds is 6. The van der Waals surface area contributed by atoms with Gasteiger partial charge in [-0.05, 0) is 30.3 Å². The minimum Gasteiger partial charge on any atom is -0.465 e. The van der Waals surface area contributed by atoms with E-state index in [2.05, 4.69) is 9.97 Å². The van der Waals surface area contributed by atoms with Crippen LogP contribution in [0.3, 0.4) is 0 Å². The highest BCUT2D eigenvalue weighted by molar-refractivity contribution is 5.90. The minimum absolute atomic E-state index is 0.377. The van der Waals surface area contributed by atoms with Gasteiger partial charge >= 0.3 is 11.9 Å². The summed E-state index contributed by atoms with van der Waals surface area (Å²) >= 11 is 0. The molecule has 2 N–H and O–H groups in total. The Bertz CT molecular complexity index is 1420.